The fraction of sp³-hybridized carbons (Fsp3) is 0.0909. The molecule has 0 spiro atoms. The lowest BCUT2D eigenvalue weighted by molar-refractivity contribution is 0.0879. The van der Waals surface area contributed by atoms with Crippen molar-refractivity contribution in [2.24, 2.45) is 0 Å². The largest absolute Gasteiger partial charge is 0.288 e. The van der Waals surface area contributed by atoms with Crippen LogP contribution in [0.2, 0.25) is 0 Å². The smallest absolute Gasteiger partial charge is 0.258 e. The molecule has 4 rings (SSSR count). The lowest BCUT2D eigenvalue weighted by atomic mass is 10.0. The van der Waals surface area contributed by atoms with E-state index in [0.717, 1.165) is 18.4 Å². The number of hydrogen-bond donors (Lipinski definition) is 1. The average molecular weight is 359 g/mol. The van der Waals surface area contributed by atoms with Crippen LogP contribution in [0.4, 0.5) is 0 Å². The lowest BCUT2D eigenvalue weighted by Crippen LogP contribution is -2.19. The van der Waals surface area contributed by atoms with Crippen molar-refractivity contribution >= 4 is 23.6 Å². The van der Waals surface area contributed by atoms with Crippen molar-refractivity contribution in [3.8, 4) is 0 Å². The van der Waals surface area contributed by atoms with E-state index in [2.05, 4.69) is 41.7 Å². The standard InChI is InChI=1S/C22H17NO2S/c24-21-18-13-11-15(14-19(18)22(25)23-21)10-12-16-6-4-5-9-20(16)26-17-7-2-1-3-8-17/h1-9,11,13-14H,10,12H2,(H,23,24,25). The zero-order valence-electron chi connectivity index (χ0n) is 14.1. The van der Waals surface area contributed by atoms with Crippen LogP contribution in [0.5, 0.6) is 0 Å². The molecule has 2 amide bonds. The summed E-state index contributed by atoms with van der Waals surface area (Å²) in [7, 11) is 0. The van der Waals surface area contributed by atoms with Gasteiger partial charge < -0.3 is 0 Å². The first-order chi connectivity index (χ1) is 12.7. The Labute approximate surface area is 156 Å². The Hall–Kier alpha value is -2.85. The maximum absolute atomic E-state index is 11.8. The van der Waals surface area contributed by atoms with Gasteiger partial charge in [0.15, 0.2) is 0 Å². The van der Waals surface area contributed by atoms with Gasteiger partial charge in [0.05, 0.1) is 11.1 Å². The minimum absolute atomic E-state index is 0.299. The molecule has 0 radical (unpaired) electrons. The number of carbonyl (C=O) groups is 2. The molecule has 128 valence electrons. The van der Waals surface area contributed by atoms with Crippen LogP contribution in [0.1, 0.15) is 31.8 Å². The van der Waals surface area contributed by atoms with Crippen molar-refractivity contribution in [2.75, 3.05) is 0 Å². The molecule has 0 fully saturated rings. The molecule has 1 N–H and O–H groups in total. The van der Waals surface area contributed by atoms with Crippen molar-refractivity contribution in [2.45, 2.75) is 22.6 Å². The van der Waals surface area contributed by atoms with Crippen LogP contribution < -0.4 is 5.32 Å². The summed E-state index contributed by atoms with van der Waals surface area (Å²) in [5.41, 5.74) is 3.30. The topological polar surface area (TPSA) is 46.2 Å². The van der Waals surface area contributed by atoms with E-state index in [1.807, 2.05) is 30.3 Å². The maximum atomic E-state index is 11.8. The molecule has 1 heterocycles. The van der Waals surface area contributed by atoms with Gasteiger partial charge in [-0.05, 0) is 54.3 Å². The van der Waals surface area contributed by atoms with Gasteiger partial charge in [-0.2, -0.15) is 0 Å². The van der Waals surface area contributed by atoms with Gasteiger partial charge in [0.1, 0.15) is 0 Å². The number of rotatable bonds is 5. The van der Waals surface area contributed by atoms with E-state index in [9.17, 15) is 9.59 Å². The van der Waals surface area contributed by atoms with Gasteiger partial charge in [0, 0.05) is 9.79 Å². The van der Waals surface area contributed by atoms with Crippen molar-refractivity contribution in [3.05, 3.63) is 95.1 Å². The Kier molecular flexibility index (Phi) is 4.59. The second-order valence-corrected chi connectivity index (χ2v) is 7.30. The third-order valence-electron chi connectivity index (χ3n) is 4.43. The third-order valence-corrected chi connectivity index (χ3v) is 5.55. The predicted molar refractivity (Wildman–Crippen MR) is 103 cm³/mol. The second-order valence-electron chi connectivity index (χ2n) is 6.19. The molecular formula is C22H17NO2S. The Bertz CT molecular complexity index is 982. The molecule has 0 aromatic heterocycles. The molecule has 3 nitrogen and oxygen atoms in total. The predicted octanol–water partition coefficient (Wildman–Crippen LogP) is 4.51. The van der Waals surface area contributed by atoms with Crippen molar-refractivity contribution in [1.82, 2.24) is 5.32 Å². The fourth-order valence-corrected chi connectivity index (χ4v) is 4.07. The molecule has 26 heavy (non-hydrogen) atoms. The van der Waals surface area contributed by atoms with E-state index >= 15 is 0 Å². The molecule has 0 saturated carbocycles. The quantitative estimate of drug-likeness (QED) is 0.682. The highest BCUT2D eigenvalue weighted by Gasteiger charge is 2.26. The first kappa shape index (κ1) is 16.6. The van der Waals surface area contributed by atoms with E-state index in [4.69, 9.17) is 0 Å². The molecule has 4 heteroatoms. The third kappa shape index (κ3) is 3.41. The van der Waals surface area contributed by atoms with Crippen LogP contribution in [0.25, 0.3) is 0 Å². The van der Waals surface area contributed by atoms with E-state index in [1.54, 1.807) is 17.8 Å². The van der Waals surface area contributed by atoms with Crippen LogP contribution in [0, 0.1) is 0 Å². The number of imide groups is 1. The molecule has 0 bridgehead atoms. The fourth-order valence-electron chi connectivity index (χ4n) is 3.07. The summed E-state index contributed by atoms with van der Waals surface area (Å²) in [6.07, 6.45) is 1.70. The Morgan fingerprint density at radius 2 is 1.46 bits per heavy atom. The van der Waals surface area contributed by atoms with E-state index in [-0.39, 0.29) is 11.8 Å². The summed E-state index contributed by atoms with van der Waals surface area (Å²) >= 11 is 1.76. The first-order valence-electron chi connectivity index (χ1n) is 8.50. The number of fused-ring (bicyclic) bond motifs is 1. The maximum Gasteiger partial charge on any atom is 0.258 e. The Morgan fingerprint density at radius 3 is 2.31 bits per heavy atom. The minimum Gasteiger partial charge on any atom is -0.288 e. The molecule has 0 saturated heterocycles. The molecule has 0 atom stereocenters. The van der Waals surface area contributed by atoms with Crippen molar-refractivity contribution in [3.63, 3.8) is 0 Å². The van der Waals surface area contributed by atoms with Gasteiger partial charge in [-0.15, -0.1) is 0 Å². The van der Waals surface area contributed by atoms with Gasteiger partial charge in [0.2, 0.25) is 0 Å². The highest BCUT2D eigenvalue weighted by molar-refractivity contribution is 7.99. The summed E-state index contributed by atoms with van der Waals surface area (Å²) in [6.45, 7) is 0. The van der Waals surface area contributed by atoms with Gasteiger partial charge in [0.25, 0.3) is 11.8 Å². The summed E-state index contributed by atoms with van der Waals surface area (Å²) in [4.78, 5) is 25.9. The highest BCUT2D eigenvalue weighted by atomic mass is 32.2. The molecule has 1 aliphatic rings. The Morgan fingerprint density at radius 1 is 0.731 bits per heavy atom. The van der Waals surface area contributed by atoms with Gasteiger partial charge in [-0.3, -0.25) is 14.9 Å². The zero-order valence-corrected chi connectivity index (χ0v) is 14.9. The van der Waals surface area contributed by atoms with Gasteiger partial charge in [-0.1, -0.05) is 54.2 Å². The van der Waals surface area contributed by atoms with Crippen LogP contribution in [-0.4, -0.2) is 11.8 Å². The van der Waals surface area contributed by atoms with Crippen molar-refractivity contribution < 1.29 is 9.59 Å². The van der Waals surface area contributed by atoms with E-state index < -0.39 is 0 Å². The Balaban J connectivity index is 1.51. The summed E-state index contributed by atoms with van der Waals surface area (Å²) < 4.78 is 0. The number of aryl methyl sites for hydroxylation is 2. The SMILES string of the molecule is O=C1NC(=O)c2cc(CCc3ccccc3Sc3ccccc3)ccc21. The highest BCUT2D eigenvalue weighted by Crippen LogP contribution is 2.31. The van der Waals surface area contributed by atoms with Gasteiger partial charge in [-0.25, -0.2) is 0 Å². The number of benzene rings is 3. The van der Waals surface area contributed by atoms with Crippen LogP contribution in [-0.2, 0) is 12.8 Å². The molecule has 0 aliphatic carbocycles. The summed E-state index contributed by atoms with van der Waals surface area (Å²) in [5.74, 6) is -0.604. The van der Waals surface area contributed by atoms with Gasteiger partial charge >= 0.3 is 0 Å². The van der Waals surface area contributed by atoms with Crippen LogP contribution in [0.15, 0.2) is 82.6 Å². The van der Waals surface area contributed by atoms with E-state index in [0.29, 0.717) is 11.1 Å². The number of nitrogens with one attached hydrogen (secondary N) is 1. The number of hydrogen-bond acceptors (Lipinski definition) is 3. The van der Waals surface area contributed by atoms with E-state index in [1.165, 1.54) is 15.4 Å². The van der Waals surface area contributed by atoms with Crippen LogP contribution in [0.3, 0.4) is 0 Å². The second kappa shape index (κ2) is 7.18. The summed E-state index contributed by atoms with van der Waals surface area (Å²) in [5, 5.41) is 2.34. The zero-order chi connectivity index (χ0) is 17.9. The molecule has 1 aliphatic heterocycles. The summed E-state index contributed by atoms with van der Waals surface area (Å²) in [6, 6.07) is 24.2. The number of carbonyl (C=O) groups excluding carboxylic acids is 2. The van der Waals surface area contributed by atoms with Crippen molar-refractivity contribution in [1.29, 1.82) is 0 Å². The average Bonchev–Trinajstić information content (AvgIpc) is 2.95. The molecule has 3 aromatic carbocycles. The first-order valence-corrected chi connectivity index (χ1v) is 9.32. The minimum atomic E-state index is -0.304. The van der Waals surface area contributed by atoms with Crippen LogP contribution >= 0.6 is 11.8 Å². The monoisotopic (exact) mass is 359 g/mol. The molecule has 3 aromatic rings. The number of amides is 2. The molecular weight excluding hydrogens is 342 g/mol. The normalized spacial score (nSPS) is 12.8. The lowest BCUT2D eigenvalue weighted by Gasteiger charge is -2.10. The molecule has 0 unspecified atom stereocenters.